The van der Waals surface area contributed by atoms with Gasteiger partial charge in [-0.2, -0.15) is 8.42 Å². The minimum atomic E-state index is -4.24. The van der Waals surface area contributed by atoms with Crippen molar-refractivity contribution in [1.82, 2.24) is 4.57 Å². The van der Waals surface area contributed by atoms with Crippen LogP contribution in [-0.2, 0) is 16.5 Å². The van der Waals surface area contributed by atoms with Gasteiger partial charge in [-0.1, -0.05) is 13.0 Å². The summed E-state index contributed by atoms with van der Waals surface area (Å²) < 4.78 is 34.3. The van der Waals surface area contributed by atoms with E-state index in [-0.39, 0.29) is 4.90 Å². The maximum Gasteiger partial charge on any atom is 0.296 e. The van der Waals surface area contributed by atoms with Gasteiger partial charge in [0.15, 0.2) is 0 Å². The summed E-state index contributed by atoms with van der Waals surface area (Å²) in [4.78, 5) is -0.0504. The highest BCUT2D eigenvalue weighted by Gasteiger charge is 2.20. The molecule has 102 valence electrons. The SMILES string of the molecule is CCc1c(C)ccc(S(=O)(=O)O)c1-n1ccc(C)c1. The molecular formula is C14H17NO3S. The Hall–Kier alpha value is -1.59. The number of nitrogens with zero attached hydrogens (tertiary/aromatic N) is 1. The van der Waals surface area contributed by atoms with Crippen molar-refractivity contribution in [3.05, 3.63) is 47.3 Å². The fourth-order valence-corrected chi connectivity index (χ4v) is 3.01. The molecule has 0 aliphatic carbocycles. The Morgan fingerprint density at radius 1 is 1.21 bits per heavy atom. The summed E-state index contributed by atoms with van der Waals surface area (Å²) in [5.41, 5.74) is 3.50. The van der Waals surface area contributed by atoms with E-state index < -0.39 is 10.1 Å². The van der Waals surface area contributed by atoms with Gasteiger partial charge < -0.3 is 4.57 Å². The van der Waals surface area contributed by atoms with Gasteiger partial charge in [0.05, 0.1) is 5.69 Å². The van der Waals surface area contributed by atoms with Gasteiger partial charge >= 0.3 is 0 Å². The molecule has 19 heavy (non-hydrogen) atoms. The van der Waals surface area contributed by atoms with Gasteiger partial charge in [0.2, 0.25) is 0 Å². The molecule has 2 aromatic rings. The third-order valence-electron chi connectivity index (χ3n) is 3.21. The molecule has 0 unspecified atom stereocenters. The number of rotatable bonds is 3. The molecule has 0 saturated heterocycles. The number of aryl methyl sites for hydroxylation is 2. The van der Waals surface area contributed by atoms with E-state index in [0.29, 0.717) is 12.1 Å². The molecule has 4 nitrogen and oxygen atoms in total. The van der Waals surface area contributed by atoms with Crippen LogP contribution in [0.15, 0.2) is 35.5 Å². The molecule has 0 atom stereocenters. The molecule has 0 amide bonds. The highest BCUT2D eigenvalue weighted by Crippen LogP contribution is 2.28. The van der Waals surface area contributed by atoms with Gasteiger partial charge in [-0.25, -0.2) is 0 Å². The molecule has 0 fully saturated rings. The second-order valence-corrected chi connectivity index (χ2v) is 6.02. The average molecular weight is 279 g/mol. The monoisotopic (exact) mass is 279 g/mol. The molecule has 5 heteroatoms. The molecule has 0 aliphatic rings. The van der Waals surface area contributed by atoms with Gasteiger partial charge in [0.1, 0.15) is 4.90 Å². The minimum absolute atomic E-state index is 0.0504. The first-order chi connectivity index (χ1) is 8.84. The number of aromatic nitrogens is 1. The maximum absolute atomic E-state index is 11.6. The first-order valence-electron chi connectivity index (χ1n) is 6.09. The lowest BCUT2D eigenvalue weighted by Gasteiger charge is -2.15. The minimum Gasteiger partial charge on any atom is -0.322 e. The number of hydrogen-bond donors (Lipinski definition) is 1. The first-order valence-corrected chi connectivity index (χ1v) is 7.53. The van der Waals surface area contributed by atoms with Crippen molar-refractivity contribution in [3.63, 3.8) is 0 Å². The third kappa shape index (κ3) is 2.57. The number of benzene rings is 1. The van der Waals surface area contributed by atoms with Gasteiger partial charge in [-0.05, 0) is 49.1 Å². The third-order valence-corrected chi connectivity index (χ3v) is 4.10. The summed E-state index contributed by atoms with van der Waals surface area (Å²) in [5.74, 6) is 0. The van der Waals surface area contributed by atoms with E-state index in [1.807, 2.05) is 33.0 Å². The lowest BCUT2D eigenvalue weighted by molar-refractivity contribution is 0.482. The van der Waals surface area contributed by atoms with Crippen LogP contribution in [0.1, 0.15) is 23.6 Å². The Labute approximate surface area is 113 Å². The fourth-order valence-electron chi connectivity index (χ4n) is 2.30. The van der Waals surface area contributed by atoms with Crippen molar-refractivity contribution >= 4 is 10.1 Å². The summed E-state index contributed by atoms with van der Waals surface area (Å²) in [6.45, 7) is 5.84. The van der Waals surface area contributed by atoms with Crippen molar-refractivity contribution in [3.8, 4) is 5.69 Å². The van der Waals surface area contributed by atoms with Crippen LogP contribution in [0.5, 0.6) is 0 Å². The van der Waals surface area contributed by atoms with Crippen LogP contribution in [0, 0.1) is 13.8 Å². The molecular weight excluding hydrogens is 262 g/mol. The Morgan fingerprint density at radius 3 is 2.37 bits per heavy atom. The maximum atomic E-state index is 11.6. The van der Waals surface area contributed by atoms with Crippen molar-refractivity contribution in [2.45, 2.75) is 32.1 Å². The summed E-state index contributed by atoms with van der Waals surface area (Å²) in [5, 5.41) is 0. The van der Waals surface area contributed by atoms with Gasteiger partial charge in [-0.3, -0.25) is 4.55 Å². The van der Waals surface area contributed by atoms with Crippen LogP contribution in [0.2, 0.25) is 0 Å². The molecule has 2 rings (SSSR count). The molecule has 1 heterocycles. The second-order valence-electron chi connectivity index (χ2n) is 4.63. The lowest BCUT2D eigenvalue weighted by Crippen LogP contribution is -2.09. The summed E-state index contributed by atoms with van der Waals surface area (Å²) in [6, 6.07) is 5.08. The van der Waals surface area contributed by atoms with Gasteiger partial charge in [0, 0.05) is 12.4 Å². The Kier molecular flexibility index (Phi) is 3.52. The fraction of sp³-hybridized carbons (Fsp3) is 0.286. The summed E-state index contributed by atoms with van der Waals surface area (Å²) in [6.07, 6.45) is 4.35. The summed E-state index contributed by atoms with van der Waals surface area (Å²) in [7, 11) is -4.24. The smallest absolute Gasteiger partial charge is 0.296 e. The largest absolute Gasteiger partial charge is 0.322 e. The van der Waals surface area contributed by atoms with Crippen LogP contribution < -0.4 is 0 Å². The number of hydrogen-bond acceptors (Lipinski definition) is 2. The van der Waals surface area contributed by atoms with E-state index in [1.54, 1.807) is 16.8 Å². The van der Waals surface area contributed by atoms with E-state index in [2.05, 4.69) is 0 Å². The standard InChI is InChI=1S/C14H17NO3S/c1-4-12-11(3)5-6-13(19(16,17)18)14(12)15-8-7-10(2)9-15/h5-9H,4H2,1-3H3,(H,16,17,18). The molecule has 1 aromatic carbocycles. The average Bonchev–Trinajstić information content (AvgIpc) is 2.73. The van der Waals surface area contributed by atoms with Crippen molar-refractivity contribution < 1.29 is 13.0 Å². The van der Waals surface area contributed by atoms with Crippen molar-refractivity contribution in [1.29, 1.82) is 0 Å². The molecule has 0 aliphatic heterocycles. The quantitative estimate of drug-likeness (QED) is 0.879. The molecule has 0 saturated carbocycles. The van der Waals surface area contributed by atoms with Crippen LogP contribution in [0.25, 0.3) is 5.69 Å². The molecule has 1 aromatic heterocycles. The molecule has 0 spiro atoms. The first kappa shape index (κ1) is 13.8. The normalized spacial score (nSPS) is 11.8. The van der Waals surface area contributed by atoms with E-state index in [4.69, 9.17) is 0 Å². The van der Waals surface area contributed by atoms with Crippen LogP contribution in [-0.4, -0.2) is 17.5 Å². The second kappa shape index (κ2) is 4.83. The highest BCUT2D eigenvalue weighted by atomic mass is 32.2. The Morgan fingerprint density at radius 2 is 1.89 bits per heavy atom. The summed E-state index contributed by atoms with van der Waals surface area (Å²) >= 11 is 0. The van der Waals surface area contributed by atoms with E-state index >= 15 is 0 Å². The Balaban J connectivity index is 2.85. The van der Waals surface area contributed by atoms with Crippen molar-refractivity contribution in [2.75, 3.05) is 0 Å². The topological polar surface area (TPSA) is 59.3 Å². The zero-order valence-electron chi connectivity index (χ0n) is 11.2. The lowest BCUT2D eigenvalue weighted by atomic mass is 10.0. The van der Waals surface area contributed by atoms with Crippen LogP contribution in [0.4, 0.5) is 0 Å². The Bertz CT molecular complexity index is 714. The molecule has 0 bridgehead atoms. The zero-order chi connectivity index (χ0) is 14.2. The van der Waals surface area contributed by atoms with E-state index in [0.717, 1.165) is 16.7 Å². The predicted molar refractivity (Wildman–Crippen MR) is 74.4 cm³/mol. The van der Waals surface area contributed by atoms with Gasteiger partial charge in [-0.15, -0.1) is 0 Å². The van der Waals surface area contributed by atoms with E-state index in [9.17, 15) is 13.0 Å². The molecule has 0 radical (unpaired) electrons. The van der Waals surface area contributed by atoms with E-state index in [1.165, 1.54) is 6.07 Å². The molecule has 1 N–H and O–H groups in total. The zero-order valence-corrected chi connectivity index (χ0v) is 12.0. The van der Waals surface area contributed by atoms with Crippen LogP contribution >= 0.6 is 0 Å². The van der Waals surface area contributed by atoms with Gasteiger partial charge in [0.25, 0.3) is 10.1 Å². The highest BCUT2D eigenvalue weighted by molar-refractivity contribution is 7.86. The van der Waals surface area contributed by atoms with Crippen LogP contribution in [0.3, 0.4) is 0 Å². The predicted octanol–water partition coefficient (Wildman–Crippen LogP) is 2.90. The van der Waals surface area contributed by atoms with Crippen molar-refractivity contribution in [2.24, 2.45) is 0 Å².